The van der Waals surface area contributed by atoms with Crippen LogP contribution >= 0.6 is 0 Å². The number of rotatable bonds is 3. The molecular formula is C8H13F2N3. The van der Waals surface area contributed by atoms with Gasteiger partial charge in [-0.25, -0.2) is 13.8 Å². The fraction of sp³-hybridized carbons (Fsp3) is 0.625. The molecule has 0 amide bonds. The lowest BCUT2D eigenvalue weighted by molar-refractivity contribution is -0.00715. The molecule has 13 heavy (non-hydrogen) atoms. The van der Waals surface area contributed by atoms with Crippen molar-refractivity contribution in [1.29, 1.82) is 0 Å². The number of nitrogens with zero attached hydrogens (tertiary/aromatic N) is 2. The summed E-state index contributed by atoms with van der Waals surface area (Å²) in [6, 6.07) is 0. The van der Waals surface area contributed by atoms with Crippen LogP contribution in [0.1, 0.15) is 11.5 Å². The number of aromatic nitrogens is 2. The van der Waals surface area contributed by atoms with E-state index in [0.717, 1.165) is 5.69 Å². The van der Waals surface area contributed by atoms with E-state index in [1.807, 2.05) is 0 Å². The average Bonchev–Trinajstić information content (AvgIpc) is 2.30. The Labute approximate surface area is 75.6 Å². The highest BCUT2D eigenvalue weighted by molar-refractivity contribution is 5.01. The van der Waals surface area contributed by atoms with E-state index in [0.29, 0.717) is 5.82 Å². The highest BCUT2D eigenvalue weighted by atomic mass is 19.3. The Hall–Kier alpha value is -0.970. The summed E-state index contributed by atoms with van der Waals surface area (Å²) in [4.78, 5) is 4.02. The van der Waals surface area contributed by atoms with E-state index in [9.17, 15) is 8.78 Å². The van der Waals surface area contributed by atoms with Gasteiger partial charge in [0.25, 0.3) is 5.92 Å². The van der Waals surface area contributed by atoms with Crippen LogP contribution < -0.4 is 5.73 Å². The highest BCUT2D eigenvalue weighted by Gasteiger charge is 2.27. The molecule has 2 N–H and O–H groups in total. The largest absolute Gasteiger partial charge is 0.329 e. The number of alkyl halides is 2. The van der Waals surface area contributed by atoms with Crippen molar-refractivity contribution in [3.05, 3.63) is 17.7 Å². The summed E-state index contributed by atoms with van der Waals surface area (Å²) in [5.74, 6) is -2.26. The van der Waals surface area contributed by atoms with Crippen LogP contribution in [0.3, 0.4) is 0 Å². The zero-order chi connectivity index (χ0) is 10.1. The molecule has 3 nitrogen and oxygen atoms in total. The lowest BCUT2D eigenvalue weighted by Gasteiger charge is -2.14. The van der Waals surface area contributed by atoms with E-state index in [-0.39, 0.29) is 0 Å². The molecule has 74 valence electrons. The van der Waals surface area contributed by atoms with Gasteiger partial charge in [-0.05, 0) is 13.8 Å². The molecule has 1 aromatic rings. The minimum absolute atomic E-state index is 0.393. The summed E-state index contributed by atoms with van der Waals surface area (Å²) in [5.41, 5.74) is 5.67. The second kappa shape index (κ2) is 3.41. The fourth-order valence-corrected chi connectivity index (χ4v) is 1.14. The summed E-state index contributed by atoms with van der Waals surface area (Å²) >= 11 is 0. The zero-order valence-corrected chi connectivity index (χ0v) is 7.72. The second-order valence-corrected chi connectivity index (χ2v) is 3.12. The van der Waals surface area contributed by atoms with Gasteiger partial charge in [0.15, 0.2) is 0 Å². The van der Waals surface area contributed by atoms with Crippen LogP contribution in [0.5, 0.6) is 0 Å². The molecule has 1 rings (SSSR count). The lowest BCUT2D eigenvalue weighted by atomic mass is 10.3. The summed E-state index contributed by atoms with van der Waals surface area (Å²) in [6.07, 6.45) is 1.60. The molecule has 0 saturated carbocycles. The van der Waals surface area contributed by atoms with Crippen molar-refractivity contribution in [3.8, 4) is 0 Å². The van der Waals surface area contributed by atoms with Gasteiger partial charge in [0.1, 0.15) is 5.82 Å². The zero-order valence-electron chi connectivity index (χ0n) is 7.72. The molecule has 1 aromatic heterocycles. The number of hydrogen-bond donors (Lipinski definition) is 1. The maximum atomic E-state index is 12.9. The molecule has 1 heterocycles. The lowest BCUT2D eigenvalue weighted by Crippen LogP contribution is -2.32. The summed E-state index contributed by atoms with van der Waals surface area (Å²) in [7, 11) is 0. The van der Waals surface area contributed by atoms with E-state index < -0.39 is 19.0 Å². The first-order valence-corrected chi connectivity index (χ1v) is 4.03. The van der Waals surface area contributed by atoms with E-state index in [1.165, 1.54) is 4.57 Å². The van der Waals surface area contributed by atoms with E-state index in [2.05, 4.69) is 4.98 Å². The molecule has 0 spiro atoms. The maximum Gasteiger partial charge on any atom is 0.277 e. The molecule has 0 aliphatic heterocycles. The third-order valence-electron chi connectivity index (χ3n) is 1.80. The summed E-state index contributed by atoms with van der Waals surface area (Å²) in [5, 5.41) is 0. The van der Waals surface area contributed by atoms with Crippen molar-refractivity contribution in [2.75, 3.05) is 6.54 Å². The molecule has 0 saturated heterocycles. The first-order valence-electron chi connectivity index (χ1n) is 4.03. The Balaban J connectivity index is 2.79. The third kappa shape index (κ3) is 2.48. The number of hydrogen-bond acceptors (Lipinski definition) is 2. The third-order valence-corrected chi connectivity index (χ3v) is 1.80. The smallest absolute Gasteiger partial charge is 0.277 e. The molecule has 0 bridgehead atoms. The average molecular weight is 189 g/mol. The van der Waals surface area contributed by atoms with Gasteiger partial charge < -0.3 is 10.3 Å². The van der Waals surface area contributed by atoms with Gasteiger partial charge in [-0.15, -0.1) is 0 Å². The Kier molecular flexibility index (Phi) is 2.66. The topological polar surface area (TPSA) is 43.8 Å². The Morgan fingerprint density at radius 2 is 2.15 bits per heavy atom. The minimum atomic E-state index is -2.85. The van der Waals surface area contributed by atoms with Crippen molar-refractivity contribution in [2.45, 2.75) is 26.3 Å². The highest BCUT2D eigenvalue weighted by Crippen LogP contribution is 2.15. The van der Waals surface area contributed by atoms with Gasteiger partial charge in [0, 0.05) is 6.20 Å². The molecule has 0 aliphatic rings. The van der Waals surface area contributed by atoms with E-state index in [4.69, 9.17) is 5.73 Å². The predicted octanol–water partition coefficient (Wildman–Crippen LogP) is 1.09. The fourth-order valence-electron chi connectivity index (χ4n) is 1.14. The Morgan fingerprint density at radius 1 is 1.54 bits per heavy atom. The molecule has 5 heteroatoms. The van der Waals surface area contributed by atoms with Crippen molar-refractivity contribution in [2.24, 2.45) is 5.73 Å². The van der Waals surface area contributed by atoms with Gasteiger partial charge in [-0.1, -0.05) is 0 Å². The standard InChI is InChI=1S/C8H13F2N3/c1-6-3-13(7(2)12-6)5-8(9,10)4-11/h3H,4-5,11H2,1-2H3. The number of aryl methyl sites for hydroxylation is 2. The van der Waals surface area contributed by atoms with Gasteiger partial charge in [-0.2, -0.15) is 0 Å². The van der Waals surface area contributed by atoms with Crippen LogP contribution in [0.2, 0.25) is 0 Å². The predicted molar refractivity (Wildman–Crippen MR) is 45.7 cm³/mol. The normalized spacial score (nSPS) is 12.1. The van der Waals surface area contributed by atoms with Crippen LogP contribution in [-0.2, 0) is 6.54 Å². The molecule has 0 unspecified atom stereocenters. The Morgan fingerprint density at radius 3 is 2.54 bits per heavy atom. The van der Waals surface area contributed by atoms with Crippen molar-refractivity contribution < 1.29 is 8.78 Å². The van der Waals surface area contributed by atoms with Crippen LogP contribution in [0.15, 0.2) is 6.20 Å². The van der Waals surface area contributed by atoms with Crippen LogP contribution in [-0.4, -0.2) is 22.0 Å². The van der Waals surface area contributed by atoms with Crippen LogP contribution in [0, 0.1) is 13.8 Å². The number of nitrogens with two attached hydrogens (primary N) is 1. The van der Waals surface area contributed by atoms with Gasteiger partial charge in [0.2, 0.25) is 0 Å². The van der Waals surface area contributed by atoms with E-state index in [1.54, 1.807) is 20.0 Å². The molecule has 0 fully saturated rings. The molecular weight excluding hydrogens is 176 g/mol. The molecule has 0 radical (unpaired) electrons. The minimum Gasteiger partial charge on any atom is -0.329 e. The molecule has 0 aliphatic carbocycles. The van der Waals surface area contributed by atoms with Gasteiger partial charge in [0.05, 0.1) is 18.8 Å². The number of imidazole rings is 1. The second-order valence-electron chi connectivity index (χ2n) is 3.12. The molecule has 0 aromatic carbocycles. The Bertz CT molecular complexity index is 294. The maximum absolute atomic E-state index is 12.9. The van der Waals surface area contributed by atoms with E-state index >= 15 is 0 Å². The first-order chi connectivity index (χ1) is 5.94. The van der Waals surface area contributed by atoms with Gasteiger partial charge >= 0.3 is 0 Å². The van der Waals surface area contributed by atoms with Crippen LogP contribution in [0.25, 0.3) is 0 Å². The van der Waals surface area contributed by atoms with Crippen LogP contribution in [0.4, 0.5) is 8.78 Å². The summed E-state index contributed by atoms with van der Waals surface area (Å²) in [6.45, 7) is 2.43. The van der Waals surface area contributed by atoms with Gasteiger partial charge in [-0.3, -0.25) is 0 Å². The number of halogens is 2. The monoisotopic (exact) mass is 189 g/mol. The quantitative estimate of drug-likeness (QED) is 0.773. The van der Waals surface area contributed by atoms with Crippen molar-refractivity contribution in [1.82, 2.24) is 9.55 Å². The SMILES string of the molecule is Cc1cn(CC(F)(F)CN)c(C)n1. The van der Waals surface area contributed by atoms with Crippen molar-refractivity contribution in [3.63, 3.8) is 0 Å². The molecule has 0 atom stereocenters. The summed E-state index contributed by atoms with van der Waals surface area (Å²) < 4.78 is 27.1. The van der Waals surface area contributed by atoms with Crippen molar-refractivity contribution >= 4 is 0 Å². The first kappa shape index (κ1) is 10.1.